The molecule has 2 N–H and O–H groups in total. The number of halogens is 2. The van der Waals surface area contributed by atoms with Gasteiger partial charge in [-0.15, -0.1) is 0 Å². The molecule has 1 saturated heterocycles. The lowest BCUT2D eigenvalue weighted by molar-refractivity contribution is 0.108. The Morgan fingerprint density at radius 1 is 1.11 bits per heavy atom. The minimum atomic E-state index is -0.493. The number of hydrogen-bond acceptors (Lipinski definition) is 7. The number of piperazine rings is 1. The summed E-state index contributed by atoms with van der Waals surface area (Å²) < 4.78 is 27.8. The van der Waals surface area contributed by atoms with E-state index in [1.165, 1.54) is 12.1 Å². The summed E-state index contributed by atoms with van der Waals surface area (Å²) in [4.78, 5) is 9.51. The number of ether oxygens (including phenoxy) is 2. The highest BCUT2D eigenvalue weighted by atomic mass is 35.5. The summed E-state index contributed by atoms with van der Waals surface area (Å²) in [5.41, 5.74) is 2.05. The van der Waals surface area contributed by atoms with Gasteiger partial charge in [0.25, 0.3) is 0 Å². The molecule has 4 aromatic rings. The Morgan fingerprint density at radius 3 is 2.53 bits per heavy atom. The van der Waals surface area contributed by atoms with Crippen LogP contribution in [0.3, 0.4) is 0 Å². The van der Waals surface area contributed by atoms with Crippen LogP contribution < -0.4 is 9.47 Å². The van der Waals surface area contributed by atoms with Crippen LogP contribution in [0.5, 0.6) is 17.2 Å². The molecule has 2 aromatic heterocycles. The maximum absolute atomic E-state index is 15.9. The smallest absolute Gasteiger partial charge is 0.182 e. The minimum absolute atomic E-state index is 0.0634. The van der Waals surface area contributed by atoms with Gasteiger partial charge in [-0.3, -0.25) is 10.00 Å². The lowest BCUT2D eigenvalue weighted by Crippen LogP contribution is -2.48. The highest BCUT2D eigenvalue weighted by Crippen LogP contribution is 2.45. The SMILES string of the molecule is COc1c(OCCN2CCN(CC(C)C)CC2)cc(F)c2c(-c3ccc(O)c(Cl)c3)nc3n[nH]c(C)c3c12. The number of benzene rings is 2. The predicted molar refractivity (Wildman–Crippen MR) is 148 cm³/mol. The summed E-state index contributed by atoms with van der Waals surface area (Å²) in [5.74, 6) is 0.857. The monoisotopic (exact) mass is 541 g/mol. The molecular weight excluding hydrogens is 509 g/mol. The van der Waals surface area contributed by atoms with Crippen LogP contribution in [0.25, 0.3) is 33.1 Å². The van der Waals surface area contributed by atoms with Crippen LogP contribution in [0.4, 0.5) is 4.39 Å². The summed E-state index contributed by atoms with van der Waals surface area (Å²) in [6.45, 7) is 12.7. The first kappa shape index (κ1) is 26.5. The van der Waals surface area contributed by atoms with Crippen molar-refractivity contribution in [2.75, 3.05) is 53.0 Å². The Hall–Kier alpha value is -3.14. The van der Waals surface area contributed by atoms with Crippen LogP contribution >= 0.6 is 11.6 Å². The maximum Gasteiger partial charge on any atom is 0.182 e. The second-order valence-corrected chi connectivity index (χ2v) is 10.6. The van der Waals surface area contributed by atoms with E-state index in [1.807, 2.05) is 6.92 Å². The van der Waals surface area contributed by atoms with Gasteiger partial charge in [0, 0.05) is 67.4 Å². The first-order chi connectivity index (χ1) is 18.3. The van der Waals surface area contributed by atoms with Gasteiger partial charge in [-0.05, 0) is 31.0 Å². The highest BCUT2D eigenvalue weighted by Gasteiger charge is 2.25. The summed E-state index contributed by atoms with van der Waals surface area (Å²) in [6, 6.07) is 6.02. The number of aromatic hydroxyl groups is 1. The zero-order valence-corrected chi connectivity index (χ0v) is 22.9. The number of rotatable bonds is 8. The molecule has 2 aromatic carbocycles. The van der Waals surface area contributed by atoms with Crippen LogP contribution in [-0.4, -0.2) is 83.1 Å². The Balaban J connectivity index is 1.49. The molecule has 0 radical (unpaired) electrons. The van der Waals surface area contributed by atoms with Gasteiger partial charge in [0.15, 0.2) is 17.1 Å². The first-order valence-corrected chi connectivity index (χ1v) is 13.3. The number of aromatic nitrogens is 3. The number of nitrogens with zero attached hydrogens (tertiary/aromatic N) is 4. The van der Waals surface area contributed by atoms with E-state index in [9.17, 15) is 5.11 Å². The van der Waals surface area contributed by atoms with Crippen molar-refractivity contribution in [2.45, 2.75) is 20.8 Å². The molecule has 0 bridgehead atoms. The van der Waals surface area contributed by atoms with Crippen molar-refractivity contribution in [2.24, 2.45) is 5.92 Å². The average molecular weight is 542 g/mol. The molecule has 1 aliphatic heterocycles. The van der Waals surface area contributed by atoms with Crippen LogP contribution in [0.1, 0.15) is 19.5 Å². The molecular formula is C28H33ClFN5O3. The van der Waals surface area contributed by atoms with Gasteiger partial charge in [0.2, 0.25) is 0 Å². The molecule has 0 spiro atoms. The molecule has 0 unspecified atom stereocenters. The van der Waals surface area contributed by atoms with Gasteiger partial charge in [0.05, 0.1) is 23.2 Å². The third-order valence-corrected chi connectivity index (χ3v) is 7.31. The Morgan fingerprint density at radius 2 is 1.84 bits per heavy atom. The van der Waals surface area contributed by atoms with Crippen LogP contribution in [0.15, 0.2) is 24.3 Å². The third kappa shape index (κ3) is 5.10. The fraction of sp³-hybridized carbons (Fsp3) is 0.429. The van der Waals surface area contributed by atoms with Crippen LogP contribution in [0, 0.1) is 18.7 Å². The first-order valence-electron chi connectivity index (χ1n) is 12.9. The molecule has 0 atom stereocenters. The van der Waals surface area contributed by atoms with Crippen molar-refractivity contribution in [3.63, 3.8) is 0 Å². The van der Waals surface area contributed by atoms with Gasteiger partial charge in [-0.25, -0.2) is 9.37 Å². The summed E-state index contributed by atoms with van der Waals surface area (Å²) >= 11 is 6.17. The van der Waals surface area contributed by atoms with Gasteiger partial charge in [0.1, 0.15) is 18.2 Å². The topological polar surface area (TPSA) is 86.7 Å². The Bertz CT molecular complexity index is 1470. The molecule has 5 rings (SSSR count). The molecule has 10 heteroatoms. The minimum Gasteiger partial charge on any atom is -0.506 e. The average Bonchev–Trinajstić information content (AvgIpc) is 3.26. The van der Waals surface area contributed by atoms with E-state index in [0.29, 0.717) is 51.7 Å². The van der Waals surface area contributed by atoms with Crippen molar-refractivity contribution in [1.29, 1.82) is 0 Å². The van der Waals surface area contributed by atoms with Gasteiger partial charge < -0.3 is 19.5 Å². The van der Waals surface area contributed by atoms with E-state index in [4.69, 9.17) is 21.1 Å². The lowest BCUT2D eigenvalue weighted by atomic mass is 9.99. The Kier molecular flexibility index (Phi) is 7.61. The molecule has 0 aliphatic carbocycles. The highest BCUT2D eigenvalue weighted by molar-refractivity contribution is 6.32. The molecule has 8 nitrogen and oxygen atoms in total. The van der Waals surface area contributed by atoms with E-state index in [-0.39, 0.29) is 16.2 Å². The zero-order chi connectivity index (χ0) is 27.0. The fourth-order valence-electron chi connectivity index (χ4n) is 5.21. The molecule has 0 amide bonds. The molecule has 1 fully saturated rings. The molecule has 0 saturated carbocycles. The summed E-state index contributed by atoms with van der Waals surface area (Å²) in [5, 5.41) is 18.8. The van der Waals surface area contributed by atoms with E-state index >= 15 is 4.39 Å². The number of fused-ring (bicyclic) bond motifs is 3. The lowest BCUT2D eigenvalue weighted by Gasteiger charge is -2.35. The fourth-order valence-corrected chi connectivity index (χ4v) is 5.39. The zero-order valence-electron chi connectivity index (χ0n) is 22.1. The van der Waals surface area contributed by atoms with Crippen LogP contribution in [0.2, 0.25) is 5.02 Å². The van der Waals surface area contributed by atoms with Crippen molar-refractivity contribution in [3.8, 4) is 28.5 Å². The van der Waals surface area contributed by atoms with Gasteiger partial charge in [-0.2, -0.15) is 5.10 Å². The number of aryl methyl sites for hydroxylation is 1. The Labute approximate surface area is 226 Å². The standard InChI is InChI=1S/C28H33ClFN5O3/c1-16(2)15-35-9-7-34(8-10-35)11-12-38-22-14-20(30)24-25(27(22)37-4)23-17(3)32-33-28(23)31-26(24)18-5-6-21(36)19(29)13-18/h5-6,13-14,16,36H,7-12,15H2,1-4H3,(H,31,32,33). The maximum atomic E-state index is 15.9. The number of nitrogens with one attached hydrogen (secondary N) is 1. The van der Waals surface area contributed by atoms with E-state index in [2.05, 4.69) is 38.8 Å². The van der Waals surface area contributed by atoms with Crippen molar-refractivity contribution < 1.29 is 19.0 Å². The number of hydrogen-bond donors (Lipinski definition) is 2. The van der Waals surface area contributed by atoms with Crippen LogP contribution in [-0.2, 0) is 0 Å². The largest absolute Gasteiger partial charge is 0.506 e. The molecule has 3 heterocycles. The van der Waals surface area contributed by atoms with Gasteiger partial charge in [-0.1, -0.05) is 25.4 Å². The normalized spacial score (nSPS) is 15.1. The number of aromatic amines is 1. The quantitative estimate of drug-likeness (QED) is 0.315. The number of phenols is 1. The second kappa shape index (κ2) is 10.9. The number of H-pyrrole nitrogens is 1. The van der Waals surface area contributed by atoms with E-state index in [1.54, 1.807) is 19.2 Å². The number of pyridine rings is 1. The molecule has 1 aliphatic rings. The van der Waals surface area contributed by atoms with Crippen molar-refractivity contribution in [1.82, 2.24) is 25.0 Å². The molecule has 38 heavy (non-hydrogen) atoms. The summed E-state index contributed by atoms with van der Waals surface area (Å²) in [6.07, 6.45) is 0. The van der Waals surface area contributed by atoms with Crippen molar-refractivity contribution in [3.05, 3.63) is 40.8 Å². The van der Waals surface area contributed by atoms with Gasteiger partial charge >= 0.3 is 0 Å². The number of methoxy groups -OCH3 is 1. The molecule has 202 valence electrons. The van der Waals surface area contributed by atoms with Crippen molar-refractivity contribution >= 4 is 33.4 Å². The van der Waals surface area contributed by atoms with E-state index in [0.717, 1.165) is 45.0 Å². The van der Waals surface area contributed by atoms with E-state index < -0.39 is 5.82 Å². The summed E-state index contributed by atoms with van der Waals surface area (Å²) in [7, 11) is 1.55. The predicted octanol–water partition coefficient (Wildman–Crippen LogP) is 5.25. The number of phenolic OH excluding ortho intramolecular Hbond substituents is 1. The second-order valence-electron chi connectivity index (χ2n) is 10.2. The third-order valence-electron chi connectivity index (χ3n) is 7.01.